The molecule has 2 fully saturated rings. The Kier molecular flexibility index (Phi) is 9.23. The number of ketones is 1. The first-order valence-corrected chi connectivity index (χ1v) is 14.8. The zero-order valence-corrected chi connectivity index (χ0v) is 23.7. The molecule has 1 N–H and O–H groups in total. The lowest BCUT2D eigenvalue weighted by molar-refractivity contribution is -0.132. The Hall–Kier alpha value is -3.56. The fourth-order valence-electron chi connectivity index (χ4n) is 5.45. The van der Waals surface area contributed by atoms with Crippen LogP contribution in [0.15, 0.2) is 60.0 Å². The number of benzene rings is 2. The van der Waals surface area contributed by atoms with Crippen LogP contribution < -0.4 is 10.1 Å². The molecule has 3 heterocycles. The van der Waals surface area contributed by atoms with Crippen LogP contribution in [0.25, 0.3) is 0 Å². The van der Waals surface area contributed by atoms with Crippen LogP contribution in [0.1, 0.15) is 69.4 Å². The summed E-state index contributed by atoms with van der Waals surface area (Å²) >= 11 is 1.53. The zero-order valence-electron chi connectivity index (χ0n) is 22.9. The summed E-state index contributed by atoms with van der Waals surface area (Å²) in [6, 6.07) is 17.5. The second-order valence-corrected chi connectivity index (χ2v) is 11.4. The van der Waals surface area contributed by atoms with Crippen LogP contribution >= 0.6 is 11.3 Å². The minimum absolute atomic E-state index is 0.0115. The number of piperidine rings is 1. The number of rotatable bonds is 10. The summed E-state index contributed by atoms with van der Waals surface area (Å²) in [5.74, 6) is 0.800. The standard InChI is InChI=1S/C31H36N4O4S/c1-39-26-9-7-23(8-10-26)28(36)11-12-29(37)35-17-13-24(14-18-35)31-33-27(21-40-31)30(38)32-25-15-16-34(20-25)19-22-5-3-2-4-6-22/h2-10,21,24-25H,11-20H2,1H3,(H,32,38). The van der Waals surface area contributed by atoms with E-state index in [0.29, 0.717) is 30.1 Å². The van der Waals surface area contributed by atoms with Crippen molar-refractivity contribution in [2.45, 2.75) is 50.6 Å². The molecule has 3 aromatic rings. The molecule has 0 aliphatic carbocycles. The lowest BCUT2D eigenvalue weighted by Gasteiger charge is -2.31. The number of hydrogen-bond donors (Lipinski definition) is 1. The number of hydrogen-bond acceptors (Lipinski definition) is 7. The maximum Gasteiger partial charge on any atom is 0.271 e. The van der Waals surface area contributed by atoms with Crippen molar-refractivity contribution in [1.29, 1.82) is 0 Å². The summed E-state index contributed by atoms with van der Waals surface area (Å²) in [5.41, 5.74) is 2.36. The molecule has 1 unspecified atom stereocenters. The predicted octanol–water partition coefficient (Wildman–Crippen LogP) is 4.53. The Morgan fingerprint density at radius 1 is 0.975 bits per heavy atom. The molecule has 1 aromatic heterocycles. The van der Waals surface area contributed by atoms with Crippen molar-refractivity contribution >= 4 is 28.9 Å². The maximum absolute atomic E-state index is 12.9. The minimum Gasteiger partial charge on any atom is -0.497 e. The van der Waals surface area contributed by atoms with E-state index in [1.165, 1.54) is 16.9 Å². The first-order valence-electron chi connectivity index (χ1n) is 14.0. The van der Waals surface area contributed by atoms with Crippen molar-refractivity contribution in [1.82, 2.24) is 20.1 Å². The van der Waals surface area contributed by atoms with E-state index in [9.17, 15) is 14.4 Å². The molecular weight excluding hydrogens is 524 g/mol. The summed E-state index contributed by atoms with van der Waals surface area (Å²) in [4.78, 5) is 47.0. The molecule has 0 spiro atoms. The topological polar surface area (TPSA) is 91.8 Å². The van der Waals surface area contributed by atoms with Gasteiger partial charge in [0, 0.05) is 68.5 Å². The molecule has 40 heavy (non-hydrogen) atoms. The number of likely N-dealkylation sites (tertiary alicyclic amines) is 2. The van der Waals surface area contributed by atoms with E-state index in [2.05, 4.69) is 39.5 Å². The maximum atomic E-state index is 12.9. The number of thiazole rings is 1. The van der Waals surface area contributed by atoms with Gasteiger partial charge in [-0.1, -0.05) is 30.3 Å². The SMILES string of the molecule is COc1ccc(C(=O)CCC(=O)N2CCC(c3nc(C(=O)NC4CCN(Cc5ccccc5)C4)cs3)CC2)cc1. The molecule has 210 valence electrons. The van der Waals surface area contributed by atoms with Gasteiger partial charge >= 0.3 is 0 Å². The van der Waals surface area contributed by atoms with Gasteiger partial charge in [0.2, 0.25) is 5.91 Å². The van der Waals surface area contributed by atoms with Crippen molar-refractivity contribution in [2.75, 3.05) is 33.3 Å². The molecule has 9 heteroatoms. The molecule has 2 saturated heterocycles. The predicted molar refractivity (Wildman–Crippen MR) is 155 cm³/mol. The van der Waals surface area contributed by atoms with Crippen LogP contribution in [0.5, 0.6) is 5.75 Å². The number of carbonyl (C=O) groups is 3. The highest BCUT2D eigenvalue weighted by atomic mass is 32.1. The van der Waals surface area contributed by atoms with Gasteiger partial charge in [-0.15, -0.1) is 11.3 Å². The van der Waals surface area contributed by atoms with Gasteiger partial charge in [0.05, 0.1) is 12.1 Å². The van der Waals surface area contributed by atoms with E-state index in [1.54, 1.807) is 31.4 Å². The quantitative estimate of drug-likeness (QED) is 0.367. The van der Waals surface area contributed by atoms with E-state index in [4.69, 9.17) is 4.74 Å². The summed E-state index contributed by atoms with van der Waals surface area (Å²) in [6.07, 6.45) is 2.96. The number of nitrogens with zero attached hydrogens (tertiary/aromatic N) is 3. The Morgan fingerprint density at radius 3 is 2.45 bits per heavy atom. The van der Waals surface area contributed by atoms with E-state index >= 15 is 0 Å². The average Bonchev–Trinajstić information content (AvgIpc) is 3.66. The van der Waals surface area contributed by atoms with Crippen LogP contribution in [-0.2, 0) is 11.3 Å². The molecule has 5 rings (SSSR count). The number of amides is 2. The van der Waals surface area contributed by atoms with Gasteiger partial charge in [-0.25, -0.2) is 4.98 Å². The van der Waals surface area contributed by atoms with Crippen LogP contribution in [-0.4, -0.2) is 71.7 Å². The van der Waals surface area contributed by atoms with E-state index in [1.807, 2.05) is 16.3 Å². The van der Waals surface area contributed by atoms with Gasteiger partial charge in [0.1, 0.15) is 11.4 Å². The van der Waals surface area contributed by atoms with Gasteiger partial charge in [0.25, 0.3) is 5.91 Å². The van der Waals surface area contributed by atoms with E-state index in [0.717, 1.165) is 43.9 Å². The molecule has 0 saturated carbocycles. The highest BCUT2D eigenvalue weighted by molar-refractivity contribution is 7.09. The number of ether oxygens (including phenoxy) is 1. The van der Waals surface area contributed by atoms with Crippen LogP contribution in [0.4, 0.5) is 0 Å². The van der Waals surface area contributed by atoms with Crippen LogP contribution in [0.3, 0.4) is 0 Å². The molecule has 2 aliphatic rings. The smallest absolute Gasteiger partial charge is 0.271 e. The van der Waals surface area contributed by atoms with Crippen molar-refractivity contribution < 1.29 is 19.1 Å². The van der Waals surface area contributed by atoms with Crippen LogP contribution in [0.2, 0.25) is 0 Å². The molecule has 2 amide bonds. The molecule has 2 aliphatic heterocycles. The average molecular weight is 561 g/mol. The number of Topliss-reactive ketones (excluding diaryl/α,β-unsaturated/α-hetero) is 1. The van der Waals surface area contributed by atoms with Crippen molar-refractivity contribution in [2.24, 2.45) is 0 Å². The number of methoxy groups -OCH3 is 1. The second kappa shape index (κ2) is 13.2. The molecule has 0 radical (unpaired) electrons. The molecule has 1 atom stereocenters. The largest absolute Gasteiger partial charge is 0.497 e. The molecule has 8 nitrogen and oxygen atoms in total. The van der Waals surface area contributed by atoms with Gasteiger partial charge in [-0.2, -0.15) is 0 Å². The Bertz CT molecular complexity index is 1300. The molecular formula is C31H36N4O4S. The number of nitrogens with one attached hydrogen (secondary N) is 1. The number of carbonyl (C=O) groups excluding carboxylic acids is 3. The Labute approximate surface area is 239 Å². The van der Waals surface area contributed by atoms with Crippen molar-refractivity contribution in [3.63, 3.8) is 0 Å². The normalized spacial score (nSPS) is 18.0. The van der Waals surface area contributed by atoms with Crippen molar-refractivity contribution in [3.8, 4) is 5.75 Å². The lowest BCUT2D eigenvalue weighted by Crippen LogP contribution is -2.38. The summed E-state index contributed by atoms with van der Waals surface area (Å²) in [5, 5.41) is 5.98. The fourth-order valence-corrected chi connectivity index (χ4v) is 6.42. The lowest BCUT2D eigenvalue weighted by atomic mass is 9.97. The summed E-state index contributed by atoms with van der Waals surface area (Å²) in [6.45, 7) is 3.99. The summed E-state index contributed by atoms with van der Waals surface area (Å²) < 4.78 is 5.13. The minimum atomic E-state index is -0.108. The van der Waals surface area contributed by atoms with Gasteiger partial charge in [-0.05, 0) is 49.1 Å². The Balaban J connectivity index is 1.04. The van der Waals surface area contributed by atoms with E-state index in [-0.39, 0.29) is 42.4 Å². The second-order valence-electron chi connectivity index (χ2n) is 10.6. The molecule has 0 bridgehead atoms. The first-order chi connectivity index (χ1) is 19.5. The first kappa shape index (κ1) is 28.0. The van der Waals surface area contributed by atoms with Gasteiger partial charge in [0.15, 0.2) is 5.78 Å². The third kappa shape index (κ3) is 7.14. The van der Waals surface area contributed by atoms with Crippen LogP contribution in [0, 0.1) is 0 Å². The zero-order chi connectivity index (χ0) is 27.9. The van der Waals surface area contributed by atoms with Gasteiger partial charge in [-0.3, -0.25) is 19.3 Å². The van der Waals surface area contributed by atoms with Crippen molar-refractivity contribution in [3.05, 3.63) is 81.8 Å². The molecule has 2 aromatic carbocycles. The third-order valence-corrected chi connectivity index (χ3v) is 8.79. The number of aromatic nitrogens is 1. The third-order valence-electron chi connectivity index (χ3n) is 7.79. The monoisotopic (exact) mass is 560 g/mol. The fraction of sp³-hybridized carbons (Fsp3) is 0.419. The summed E-state index contributed by atoms with van der Waals surface area (Å²) in [7, 11) is 1.58. The Morgan fingerprint density at radius 2 is 1.73 bits per heavy atom. The highest BCUT2D eigenvalue weighted by Crippen LogP contribution is 2.31. The van der Waals surface area contributed by atoms with Gasteiger partial charge < -0.3 is 15.0 Å². The highest BCUT2D eigenvalue weighted by Gasteiger charge is 2.28. The van der Waals surface area contributed by atoms with E-state index < -0.39 is 0 Å².